The number of carboxylic acid groups (broad SMARTS) is 1. The normalized spacial score (nSPS) is 10.0. The number of amides is 1. The number of nitrogens with zero attached hydrogens (tertiary/aromatic N) is 1. The van der Waals surface area contributed by atoms with Crippen molar-refractivity contribution in [2.75, 3.05) is 5.32 Å². The molecule has 0 fully saturated rings. The topological polar surface area (TPSA) is 79.3 Å². The van der Waals surface area contributed by atoms with Crippen LogP contribution in [0.4, 0.5) is 5.69 Å². The summed E-state index contributed by atoms with van der Waals surface area (Å²) in [6.07, 6.45) is 3.61. The number of carbonyl (C=O) groups is 2. The second kappa shape index (κ2) is 6.47. The number of hydrogen-bond acceptors (Lipinski definition) is 3. The first-order chi connectivity index (χ1) is 9.66. The average Bonchev–Trinajstić information content (AvgIpc) is 2.46. The molecule has 20 heavy (non-hydrogen) atoms. The summed E-state index contributed by atoms with van der Waals surface area (Å²) in [7, 11) is 0. The van der Waals surface area contributed by atoms with E-state index in [4.69, 9.17) is 5.11 Å². The molecule has 5 heteroatoms. The van der Waals surface area contributed by atoms with Crippen LogP contribution < -0.4 is 5.32 Å². The number of carbonyl (C=O) groups excluding carboxylic acids is 1. The zero-order valence-electron chi connectivity index (χ0n) is 10.7. The van der Waals surface area contributed by atoms with E-state index in [9.17, 15) is 9.59 Å². The van der Waals surface area contributed by atoms with Gasteiger partial charge >= 0.3 is 5.97 Å². The third kappa shape index (κ3) is 3.65. The third-order valence-electron chi connectivity index (χ3n) is 2.81. The van der Waals surface area contributed by atoms with Crippen LogP contribution in [0.15, 0.2) is 48.8 Å². The van der Waals surface area contributed by atoms with E-state index in [2.05, 4.69) is 10.3 Å². The van der Waals surface area contributed by atoms with Gasteiger partial charge in [0.2, 0.25) is 5.91 Å². The molecule has 0 spiro atoms. The molecule has 0 unspecified atom stereocenters. The first-order valence-electron chi connectivity index (χ1n) is 6.18. The molecule has 0 aliphatic heterocycles. The van der Waals surface area contributed by atoms with E-state index in [1.54, 1.807) is 0 Å². The van der Waals surface area contributed by atoms with E-state index in [-0.39, 0.29) is 23.6 Å². The van der Waals surface area contributed by atoms with Crippen LogP contribution in [0.1, 0.15) is 22.3 Å². The number of rotatable bonds is 5. The van der Waals surface area contributed by atoms with Crippen LogP contribution >= 0.6 is 0 Å². The second-order valence-corrected chi connectivity index (χ2v) is 4.26. The lowest BCUT2D eigenvalue weighted by Crippen LogP contribution is -2.15. The fourth-order valence-corrected chi connectivity index (χ4v) is 1.80. The van der Waals surface area contributed by atoms with Crippen LogP contribution in [0.25, 0.3) is 0 Å². The number of anilines is 1. The summed E-state index contributed by atoms with van der Waals surface area (Å²) in [5.74, 6) is -1.32. The van der Waals surface area contributed by atoms with E-state index in [0.29, 0.717) is 6.42 Å². The fraction of sp³-hybridized carbons (Fsp3) is 0.133. The SMILES string of the molecule is O=C(CCc1ccccc1)Nc1cnccc1C(=O)O. The van der Waals surface area contributed by atoms with E-state index in [1.165, 1.54) is 18.5 Å². The number of benzene rings is 1. The smallest absolute Gasteiger partial charge is 0.337 e. The van der Waals surface area contributed by atoms with Gasteiger partial charge in [0.05, 0.1) is 17.4 Å². The highest BCUT2D eigenvalue weighted by atomic mass is 16.4. The maximum atomic E-state index is 11.8. The minimum atomic E-state index is -1.09. The Morgan fingerprint density at radius 2 is 1.90 bits per heavy atom. The van der Waals surface area contributed by atoms with Gasteiger partial charge in [0, 0.05) is 12.6 Å². The fourth-order valence-electron chi connectivity index (χ4n) is 1.80. The van der Waals surface area contributed by atoms with Gasteiger partial charge in [-0.25, -0.2) is 4.79 Å². The molecule has 0 aliphatic rings. The minimum Gasteiger partial charge on any atom is -0.478 e. The molecule has 0 saturated heterocycles. The standard InChI is InChI=1S/C15H14N2O3/c18-14(7-6-11-4-2-1-3-5-11)17-13-10-16-9-8-12(13)15(19)20/h1-5,8-10H,6-7H2,(H,17,18)(H,19,20). The molecule has 5 nitrogen and oxygen atoms in total. The molecule has 0 saturated carbocycles. The van der Waals surface area contributed by atoms with Crippen LogP contribution in [-0.2, 0) is 11.2 Å². The van der Waals surface area contributed by atoms with Crippen molar-refractivity contribution in [1.29, 1.82) is 0 Å². The van der Waals surface area contributed by atoms with Gasteiger partial charge in [0.25, 0.3) is 0 Å². The molecule has 2 rings (SSSR count). The Kier molecular flexibility index (Phi) is 4.44. The van der Waals surface area contributed by atoms with Gasteiger partial charge < -0.3 is 10.4 Å². The van der Waals surface area contributed by atoms with E-state index < -0.39 is 5.97 Å². The van der Waals surface area contributed by atoms with Crippen LogP contribution in [-0.4, -0.2) is 22.0 Å². The Balaban J connectivity index is 1.97. The second-order valence-electron chi connectivity index (χ2n) is 4.26. The van der Waals surface area contributed by atoms with Crippen LogP contribution in [0.5, 0.6) is 0 Å². The van der Waals surface area contributed by atoms with Crippen molar-refractivity contribution in [3.63, 3.8) is 0 Å². The van der Waals surface area contributed by atoms with Gasteiger partial charge in [-0.1, -0.05) is 30.3 Å². The Labute approximate surface area is 116 Å². The largest absolute Gasteiger partial charge is 0.478 e. The highest BCUT2D eigenvalue weighted by molar-refractivity contribution is 6.00. The number of aryl methyl sites for hydroxylation is 1. The first-order valence-corrected chi connectivity index (χ1v) is 6.18. The van der Waals surface area contributed by atoms with Crippen molar-refractivity contribution < 1.29 is 14.7 Å². The highest BCUT2D eigenvalue weighted by Gasteiger charge is 2.12. The first kappa shape index (κ1) is 13.7. The molecule has 102 valence electrons. The summed E-state index contributed by atoms with van der Waals surface area (Å²) in [6, 6.07) is 11.0. The molecule has 1 amide bonds. The van der Waals surface area contributed by atoms with Crippen molar-refractivity contribution >= 4 is 17.6 Å². The molecule has 1 heterocycles. The number of pyridine rings is 1. The summed E-state index contributed by atoms with van der Waals surface area (Å²) < 4.78 is 0. The van der Waals surface area contributed by atoms with Crippen LogP contribution in [0.2, 0.25) is 0 Å². The number of carboxylic acids is 1. The zero-order valence-corrected chi connectivity index (χ0v) is 10.7. The van der Waals surface area contributed by atoms with Crippen molar-refractivity contribution in [2.45, 2.75) is 12.8 Å². The van der Waals surface area contributed by atoms with Crippen molar-refractivity contribution in [2.24, 2.45) is 0 Å². The van der Waals surface area contributed by atoms with Gasteiger partial charge in [-0.15, -0.1) is 0 Å². The summed E-state index contributed by atoms with van der Waals surface area (Å²) in [5, 5.41) is 11.6. The van der Waals surface area contributed by atoms with Gasteiger partial charge in [-0.3, -0.25) is 9.78 Å². The van der Waals surface area contributed by atoms with Gasteiger partial charge in [0.15, 0.2) is 0 Å². The van der Waals surface area contributed by atoms with E-state index in [1.807, 2.05) is 30.3 Å². The van der Waals surface area contributed by atoms with E-state index in [0.717, 1.165) is 5.56 Å². The van der Waals surface area contributed by atoms with Crippen molar-refractivity contribution in [1.82, 2.24) is 4.98 Å². The summed E-state index contributed by atoms with van der Waals surface area (Å²) in [4.78, 5) is 26.7. The number of aromatic carboxylic acids is 1. The summed E-state index contributed by atoms with van der Waals surface area (Å²) in [6.45, 7) is 0. The average molecular weight is 270 g/mol. The van der Waals surface area contributed by atoms with Crippen LogP contribution in [0.3, 0.4) is 0 Å². The molecule has 0 radical (unpaired) electrons. The molecule has 1 aromatic carbocycles. The van der Waals surface area contributed by atoms with Gasteiger partial charge in [-0.2, -0.15) is 0 Å². The number of nitrogens with one attached hydrogen (secondary N) is 1. The lowest BCUT2D eigenvalue weighted by atomic mass is 10.1. The Morgan fingerprint density at radius 1 is 1.15 bits per heavy atom. The van der Waals surface area contributed by atoms with Gasteiger partial charge in [0.1, 0.15) is 0 Å². The lowest BCUT2D eigenvalue weighted by Gasteiger charge is -2.07. The summed E-state index contributed by atoms with van der Waals surface area (Å²) in [5.41, 5.74) is 1.32. The Hall–Kier alpha value is -2.69. The zero-order chi connectivity index (χ0) is 14.4. The van der Waals surface area contributed by atoms with E-state index >= 15 is 0 Å². The quantitative estimate of drug-likeness (QED) is 0.874. The number of hydrogen-bond donors (Lipinski definition) is 2. The molecule has 0 atom stereocenters. The molecule has 0 aliphatic carbocycles. The predicted octanol–water partition coefficient (Wildman–Crippen LogP) is 2.35. The van der Waals surface area contributed by atoms with Crippen molar-refractivity contribution in [3.05, 3.63) is 59.9 Å². The minimum absolute atomic E-state index is 0.0352. The third-order valence-corrected chi connectivity index (χ3v) is 2.81. The predicted molar refractivity (Wildman–Crippen MR) is 74.6 cm³/mol. The highest BCUT2D eigenvalue weighted by Crippen LogP contribution is 2.14. The molecule has 1 aromatic heterocycles. The molecular formula is C15H14N2O3. The monoisotopic (exact) mass is 270 g/mol. The Bertz CT molecular complexity index is 612. The number of aromatic nitrogens is 1. The summed E-state index contributed by atoms with van der Waals surface area (Å²) >= 11 is 0. The molecule has 0 bridgehead atoms. The molecule has 2 aromatic rings. The molecular weight excluding hydrogens is 256 g/mol. The Morgan fingerprint density at radius 3 is 2.60 bits per heavy atom. The van der Waals surface area contributed by atoms with Crippen molar-refractivity contribution in [3.8, 4) is 0 Å². The lowest BCUT2D eigenvalue weighted by molar-refractivity contribution is -0.116. The van der Waals surface area contributed by atoms with Gasteiger partial charge in [-0.05, 0) is 18.1 Å². The van der Waals surface area contributed by atoms with Crippen LogP contribution in [0, 0.1) is 0 Å². The maximum absolute atomic E-state index is 11.8. The molecule has 2 N–H and O–H groups in total. The maximum Gasteiger partial charge on any atom is 0.337 e.